The molecule has 2 heterocycles. The van der Waals surface area contributed by atoms with Crippen LogP contribution in [0.3, 0.4) is 0 Å². The standard InChI is InChI=1S/C14H14ClN3O2/c1-2-18(9-10-5-7-16-8-6-10)12-4-3-11(15)13(17-12)14(19)20/h3-8H,2,9H2,1H3,(H,19,20). The van der Waals surface area contributed by atoms with Gasteiger partial charge in [-0.3, -0.25) is 4.98 Å². The summed E-state index contributed by atoms with van der Waals surface area (Å²) in [4.78, 5) is 21.1. The second kappa shape index (κ2) is 6.34. The third kappa shape index (κ3) is 3.24. The maximum Gasteiger partial charge on any atom is 0.356 e. The monoisotopic (exact) mass is 291 g/mol. The zero-order chi connectivity index (χ0) is 14.5. The number of halogens is 1. The van der Waals surface area contributed by atoms with E-state index in [1.54, 1.807) is 24.5 Å². The van der Waals surface area contributed by atoms with Crippen molar-refractivity contribution in [2.24, 2.45) is 0 Å². The van der Waals surface area contributed by atoms with Crippen molar-refractivity contribution < 1.29 is 9.90 Å². The molecule has 2 aromatic heterocycles. The first-order valence-electron chi connectivity index (χ1n) is 6.15. The van der Waals surface area contributed by atoms with Crippen LogP contribution >= 0.6 is 11.6 Å². The molecule has 2 rings (SSSR count). The summed E-state index contributed by atoms with van der Waals surface area (Å²) in [6.45, 7) is 3.32. The van der Waals surface area contributed by atoms with E-state index in [1.165, 1.54) is 0 Å². The molecule has 20 heavy (non-hydrogen) atoms. The van der Waals surface area contributed by atoms with E-state index in [0.717, 1.165) is 5.56 Å². The Hall–Kier alpha value is -2.14. The number of aromatic nitrogens is 2. The third-order valence-corrected chi connectivity index (χ3v) is 3.17. The summed E-state index contributed by atoms with van der Waals surface area (Å²) in [7, 11) is 0. The Labute approximate surface area is 121 Å². The Morgan fingerprint density at radius 1 is 1.30 bits per heavy atom. The van der Waals surface area contributed by atoms with Gasteiger partial charge in [-0.1, -0.05) is 11.6 Å². The Kier molecular flexibility index (Phi) is 4.53. The second-order valence-electron chi connectivity index (χ2n) is 4.17. The van der Waals surface area contributed by atoms with Crippen molar-refractivity contribution >= 4 is 23.4 Å². The zero-order valence-electron chi connectivity index (χ0n) is 11.0. The summed E-state index contributed by atoms with van der Waals surface area (Å²) in [5.74, 6) is -0.539. The van der Waals surface area contributed by atoms with Crippen molar-refractivity contribution in [3.05, 3.63) is 52.9 Å². The molecule has 5 nitrogen and oxygen atoms in total. The molecular formula is C14H14ClN3O2. The average Bonchev–Trinajstić information content (AvgIpc) is 2.46. The zero-order valence-corrected chi connectivity index (χ0v) is 11.7. The minimum absolute atomic E-state index is 0.127. The Balaban J connectivity index is 2.28. The molecule has 0 aliphatic rings. The SMILES string of the molecule is CCN(Cc1ccncc1)c1ccc(Cl)c(C(=O)O)n1. The molecule has 0 aliphatic carbocycles. The van der Waals surface area contributed by atoms with E-state index >= 15 is 0 Å². The van der Waals surface area contributed by atoms with Gasteiger partial charge in [-0.05, 0) is 36.8 Å². The molecule has 0 saturated heterocycles. The van der Waals surface area contributed by atoms with Crippen LogP contribution in [0.4, 0.5) is 5.82 Å². The maximum atomic E-state index is 11.1. The summed E-state index contributed by atoms with van der Waals surface area (Å²) >= 11 is 5.83. The second-order valence-corrected chi connectivity index (χ2v) is 4.58. The molecule has 0 unspecified atom stereocenters. The van der Waals surface area contributed by atoms with Crippen LogP contribution in [0.1, 0.15) is 23.0 Å². The van der Waals surface area contributed by atoms with Gasteiger partial charge >= 0.3 is 5.97 Å². The molecule has 0 atom stereocenters. The van der Waals surface area contributed by atoms with E-state index in [9.17, 15) is 4.79 Å². The van der Waals surface area contributed by atoms with Gasteiger partial charge in [0.05, 0.1) is 5.02 Å². The van der Waals surface area contributed by atoms with Crippen LogP contribution in [0.15, 0.2) is 36.7 Å². The first-order valence-corrected chi connectivity index (χ1v) is 6.53. The molecule has 0 amide bonds. The fourth-order valence-electron chi connectivity index (χ4n) is 1.82. The Bertz CT molecular complexity index is 605. The van der Waals surface area contributed by atoms with E-state index in [0.29, 0.717) is 18.9 Å². The Morgan fingerprint density at radius 2 is 2.00 bits per heavy atom. The normalized spacial score (nSPS) is 10.3. The van der Waals surface area contributed by atoms with Crippen molar-refractivity contribution in [3.8, 4) is 0 Å². The van der Waals surface area contributed by atoms with Crippen LogP contribution in [0.5, 0.6) is 0 Å². The van der Waals surface area contributed by atoms with Gasteiger partial charge in [0.15, 0.2) is 5.69 Å². The number of hydrogen-bond acceptors (Lipinski definition) is 4. The van der Waals surface area contributed by atoms with Crippen LogP contribution in [-0.4, -0.2) is 27.6 Å². The van der Waals surface area contributed by atoms with Gasteiger partial charge in [0.1, 0.15) is 5.82 Å². The molecule has 0 fully saturated rings. The lowest BCUT2D eigenvalue weighted by atomic mass is 10.2. The molecule has 104 valence electrons. The predicted octanol–water partition coefficient (Wildman–Crippen LogP) is 2.85. The van der Waals surface area contributed by atoms with E-state index in [-0.39, 0.29) is 10.7 Å². The molecule has 6 heteroatoms. The van der Waals surface area contributed by atoms with Crippen molar-refractivity contribution in [2.75, 3.05) is 11.4 Å². The summed E-state index contributed by atoms with van der Waals surface area (Å²) in [5, 5.41) is 9.20. The highest BCUT2D eigenvalue weighted by Crippen LogP contribution is 2.20. The van der Waals surface area contributed by atoms with Gasteiger partial charge in [-0.15, -0.1) is 0 Å². The molecule has 0 aromatic carbocycles. The minimum atomic E-state index is -1.13. The van der Waals surface area contributed by atoms with Gasteiger partial charge in [-0.25, -0.2) is 9.78 Å². The molecule has 1 N–H and O–H groups in total. The van der Waals surface area contributed by atoms with Crippen LogP contribution in [0.25, 0.3) is 0 Å². The number of hydrogen-bond donors (Lipinski definition) is 1. The number of carboxylic acid groups (broad SMARTS) is 1. The lowest BCUT2D eigenvalue weighted by Crippen LogP contribution is -2.23. The molecular weight excluding hydrogens is 278 g/mol. The highest BCUT2D eigenvalue weighted by atomic mass is 35.5. The van der Waals surface area contributed by atoms with E-state index in [4.69, 9.17) is 16.7 Å². The molecule has 0 radical (unpaired) electrons. The van der Waals surface area contributed by atoms with Gasteiger partial charge in [-0.2, -0.15) is 0 Å². The lowest BCUT2D eigenvalue weighted by Gasteiger charge is -2.22. The average molecular weight is 292 g/mol. The highest BCUT2D eigenvalue weighted by molar-refractivity contribution is 6.33. The molecule has 2 aromatic rings. The van der Waals surface area contributed by atoms with Crippen LogP contribution < -0.4 is 4.90 Å². The minimum Gasteiger partial charge on any atom is -0.476 e. The van der Waals surface area contributed by atoms with Crippen molar-refractivity contribution in [1.82, 2.24) is 9.97 Å². The third-order valence-electron chi connectivity index (χ3n) is 2.86. The number of carboxylic acids is 1. The number of nitrogens with zero attached hydrogens (tertiary/aromatic N) is 3. The van der Waals surface area contributed by atoms with Crippen LogP contribution in [-0.2, 0) is 6.54 Å². The lowest BCUT2D eigenvalue weighted by molar-refractivity contribution is 0.0691. The number of pyridine rings is 2. The highest BCUT2D eigenvalue weighted by Gasteiger charge is 2.14. The van der Waals surface area contributed by atoms with Gasteiger partial charge in [0.2, 0.25) is 0 Å². The van der Waals surface area contributed by atoms with Crippen LogP contribution in [0.2, 0.25) is 5.02 Å². The quantitative estimate of drug-likeness (QED) is 0.917. The van der Waals surface area contributed by atoms with Gasteiger partial charge < -0.3 is 10.0 Å². The largest absolute Gasteiger partial charge is 0.476 e. The topological polar surface area (TPSA) is 66.3 Å². The number of aromatic carboxylic acids is 1. The summed E-state index contributed by atoms with van der Waals surface area (Å²) in [6.07, 6.45) is 3.45. The molecule has 0 saturated carbocycles. The molecule has 0 spiro atoms. The summed E-state index contributed by atoms with van der Waals surface area (Å²) < 4.78 is 0. The van der Waals surface area contributed by atoms with Gasteiger partial charge in [0, 0.05) is 25.5 Å². The number of carbonyl (C=O) groups is 1. The smallest absolute Gasteiger partial charge is 0.356 e. The van der Waals surface area contributed by atoms with Crippen LogP contribution in [0, 0.1) is 0 Å². The van der Waals surface area contributed by atoms with Crippen molar-refractivity contribution in [1.29, 1.82) is 0 Å². The first-order chi connectivity index (χ1) is 9.61. The number of anilines is 1. The Morgan fingerprint density at radius 3 is 2.60 bits per heavy atom. The van der Waals surface area contributed by atoms with E-state index in [2.05, 4.69) is 9.97 Å². The van der Waals surface area contributed by atoms with Gasteiger partial charge in [0.25, 0.3) is 0 Å². The fraction of sp³-hybridized carbons (Fsp3) is 0.214. The maximum absolute atomic E-state index is 11.1. The first kappa shape index (κ1) is 14.3. The summed E-state index contributed by atoms with van der Waals surface area (Å²) in [5.41, 5.74) is 0.952. The summed E-state index contributed by atoms with van der Waals surface area (Å²) in [6, 6.07) is 7.11. The van der Waals surface area contributed by atoms with Crippen molar-refractivity contribution in [2.45, 2.75) is 13.5 Å². The number of rotatable bonds is 5. The molecule has 0 aliphatic heterocycles. The van der Waals surface area contributed by atoms with E-state index in [1.807, 2.05) is 24.0 Å². The fourth-order valence-corrected chi connectivity index (χ4v) is 2.01. The molecule has 0 bridgehead atoms. The van der Waals surface area contributed by atoms with Crippen molar-refractivity contribution in [3.63, 3.8) is 0 Å². The predicted molar refractivity (Wildman–Crippen MR) is 77.2 cm³/mol. The van der Waals surface area contributed by atoms with E-state index < -0.39 is 5.97 Å².